The SMILES string of the molecule is CC(C)CC[C@H](c1cc(C(F)(F)F)ccc1C(F)(F)F)N1CC[C@H](CC(=O)O)C[C@H]1c1ccc(C(F)(F)F)cc1. The number of piperidine rings is 1. The van der Waals surface area contributed by atoms with Gasteiger partial charge in [0, 0.05) is 18.5 Å². The molecule has 222 valence electrons. The Morgan fingerprint density at radius 2 is 1.45 bits per heavy atom. The summed E-state index contributed by atoms with van der Waals surface area (Å²) in [6, 6.07) is 3.42. The molecule has 1 aliphatic heterocycles. The summed E-state index contributed by atoms with van der Waals surface area (Å²) in [6.07, 6.45) is -14.0. The zero-order valence-corrected chi connectivity index (χ0v) is 21.8. The van der Waals surface area contributed by atoms with Crippen LogP contribution in [-0.2, 0) is 23.3 Å². The van der Waals surface area contributed by atoms with E-state index in [0.29, 0.717) is 30.2 Å². The predicted molar refractivity (Wildman–Crippen MR) is 129 cm³/mol. The highest BCUT2D eigenvalue weighted by Gasteiger charge is 2.42. The topological polar surface area (TPSA) is 40.5 Å². The number of hydrogen-bond acceptors (Lipinski definition) is 2. The van der Waals surface area contributed by atoms with E-state index in [1.807, 2.05) is 13.8 Å². The monoisotopic (exact) mass is 583 g/mol. The minimum absolute atomic E-state index is 0.00305. The number of alkyl halides is 9. The lowest BCUT2D eigenvalue weighted by atomic mass is 9.81. The first-order valence-corrected chi connectivity index (χ1v) is 12.8. The summed E-state index contributed by atoms with van der Waals surface area (Å²) < 4.78 is 123. The molecule has 0 saturated carbocycles. The maximum absolute atomic E-state index is 14.1. The first-order chi connectivity index (χ1) is 18.4. The van der Waals surface area contributed by atoms with Gasteiger partial charge in [0.05, 0.1) is 16.7 Å². The first kappa shape index (κ1) is 31.8. The Kier molecular flexibility index (Phi) is 9.53. The van der Waals surface area contributed by atoms with Crippen molar-refractivity contribution in [1.29, 1.82) is 0 Å². The molecule has 1 aliphatic rings. The Balaban J connectivity index is 2.18. The normalized spacial score (nSPS) is 20.1. The summed E-state index contributed by atoms with van der Waals surface area (Å²) in [6.45, 7) is 3.69. The van der Waals surface area contributed by atoms with Gasteiger partial charge >= 0.3 is 24.5 Å². The zero-order valence-electron chi connectivity index (χ0n) is 21.8. The van der Waals surface area contributed by atoms with Gasteiger partial charge in [-0.25, -0.2) is 0 Å². The molecule has 0 aliphatic carbocycles. The summed E-state index contributed by atoms with van der Waals surface area (Å²) in [5.74, 6) is -1.52. The number of carboxylic acids is 1. The van der Waals surface area contributed by atoms with Crippen molar-refractivity contribution < 1.29 is 49.4 Å². The molecule has 3 nitrogen and oxygen atoms in total. The third-order valence-electron chi connectivity index (χ3n) is 7.30. The van der Waals surface area contributed by atoms with Crippen molar-refractivity contribution in [3.05, 3.63) is 70.3 Å². The molecule has 3 rings (SSSR count). The number of rotatable bonds is 8. The van der Waals surface area contributed by atoms with Gasteiger partial charge in [-0.15, -0.1) is 0 Å². The van der Waals surface area contributed by atoms with Crippen LogP contribution in [0.4, 0.5) is 39.5 Å². The van der Waals surface area contributed by atoms with Crippen LogP contribution < -0.4 is 0 Å². The van der Waals surface area contributed by atoms with Gasteiger partial charge in [0.1, 0.15) is 0 Å². The molecule has 1 heterocycles. The van der Waals surface area contributed by atoms with E-state index >= 15 is 0 Å². The smallest absolute Gasteiger partial charge is 0.416 e. The van der Waals surface area contributed by atoms with E-state index in [1.54, 1.807) is 4.90 Å². The highest BCUT2D eigenvalue weighted by Crippen LogP contribution is 2.47. The van der Waals surface area contributed by atoms with Gasteiger partial charge in [-0.05, 0) is 85.5 Å². The van der Waals surface area contributed by atoms with Crippen LogP contribution in [0.3, 0.4) is 0 Å². The van der Waals surface area contributed by atoms with Gasteiger partial charge in [0.2, 0.25) is 0 Å². The van der Waals surface area contributed by atoms with E-state index in [4.69, 9.17) is 0 Å². The van der Waals surface area contributed by atoms with E-state index in [1.165, 1.54) is 12.1 Å². The molecule has 1 N–H and O–H groups in total. The molecule has 0 radical (unpaired) electrons. The largest absolute Gasteiger partial charge is 0.481 e. The lowest BCUT2D eigenvalue weighted by Crippen LogP contribution is -2.41. The van der Waals surface area contributed by atoms with Gasteiger partial charge in [-0.1, -0.05) is 26.0 Å². The summed E-state index contributed by atoms with van der Waals surface area (Å²) in [5, 5.41) is 9.31. The Morgan fingerprint density at radius 3 is 1.95 bits per heavy atom. The number of carbonyl (C=O) groups is 1. The molecular weight excluding hydrogens is 553 g/mol. The van der Waals surface area contributed by atoms with Gasteiger partial charge in [-0.2, -0.15) is 39.5 Å². The number of likely N-dealkylation sites (tertiary alicyclic amines) is 1. The number of aliphatic carboxylic acids is 1. The van der Waals surface area contributed by atoms with E-state index in [2.05, 4.69) is 0 Å². The Labute approximate surface area is 226 Å². The molecular formula is C28H30F9NO2. The Hall–Kier alpha value is -2.76. The van der Waals surface area contributed by atoms with Crippen LogP contribution in [0.25, 0.3) is 0 Å². The van der Waals surface area contributed by atoms with Crippen LogP contribution in [0.2, 0.25) is 0 Å². The molecule has 0 amide bonds. The van der Waals surface area contributed by atoms with Crippen molar-refractivity contribution in [2.75, 3.05) is 6.54 Å². The summed E-state index contributed by atoms with van der Waals surface area (Å²) in [4.78, 5) is 13.0. The van der Waals surface area contributed by atoms with Gasteiger partial charge < -0.3 is 5.11 Å². The van der Waals surface area contributed by atoms with Crippen molar-refractivity contribution in [2.24, 2.45) is 11.8 Å². The maximum Gasteiger partial charge on any atom is 0.416 e. The van der Waals surface area contributed by atoms with Crippen molar-refractivity contribution in [1.82, 2.24) is 4.90 Å². The van der Waals surface area contributed by atoms with Crippen LogP contribution in [-0.4, -0.2) is 22.5 Å². The fraction of sp³-hybridized carbons (Fsp3) is 0.536. The number of halogens is 9. The second-order valence-electron chi connectivity index (χ2n) is 10.6. The highest BCUT2D eigenvalue weighted by molar-refractivity contribution is 5.67. The third kappa shape index (κ3) is 7.92. The van der Waals surface area contributed by atoms with Gasteiger partial charge in [0.25, 0.3) is 0 Å². The van der Waals surface area contributed by atoms with Gasteiger partial charge in [0.15, 0.2) is 0 Å². The van der Waals surface area contributed by atoms with E-state index < -0.39 is 64.8 Å². The number of benzene rings is 2. The van der Waals surface area contributed by atoms with Crippen molar-refractivity contribution >= 4 is 5.97 Å². The second-order valence-corrected chi connectivity index (χ2v) is 10.6. The second kappa shape index (κ2) is 12.0. The number of hydrogen-bond donors (Lipinski definition) is 1. The minimum atomic E-state index is -4.96. The molecule has 0 bridgehead atoms. The quantitative estimate of drug-likeness (QED) is 0.315. The minimum Gasteiger partial charge on any atom is -0.481 e. The lowest BCUT2D eigenvalue weighted by Gasteiger charge is -2.45. The van der Waals surface area contributed by atoms with E-state index in [0.717, 1.165) is 12.1 Å². The van der Waals surface area contributed by atoms with Crippen molar-refractivity contribution in [2.45, 2.75) is 76.6 Å². The first-order valence-electron chi connectivity index (χ1n) is 12.8. The maximum atomic E-state index is 14.1. The molecule has 1 fully saturated rings. The molecule has 40 heavy (non-hydrogen) atoms. The van der Waals surface area contributed by atoms with Crippen LogP contribution in [0, 0.1) is 11.8 Å². The van der Waals surface area contributed by atoms with Crippen LogP contribution in [0.15, 0.2) is 42.5 Å². The van der Waals surface area contributed by atoms with Crippen LogP contribution >= 0.6 is 0 Å². The molecule has 3 atom stereocenters. The predicted octanol–water partition coefficient (Wildman–Crippen LogP) is 9.15. The fourth-order valence-electron chi connectivity index (χ4n) is 5.35. The average molecular weight is 584 g/mol. The number of nitrogens with zero attached hydrogens (tertiary/aromatic N) is 1. The molecule has 12 heteroatoms. The van der Waals surface area contributed by atoms with Crippen molar-refractivity contribution in [3.63, 3.8) is 0 Å². The van der Waals surface area contributed by atoms with E-state index in [-0.39, 0.29) is 38.1 Å². The Morgan fingerprint density at radius 1 is 0.875 bits per heavy atom. The molecule has 2 aromatic rings. The molecule has 0 aromatic heterocycles. The summed E-state index contributed by atoms with van der Waals surface area (Å²) >= 11 is 0. The molecule has 0 spiro atoms. The van der Waals surface area contributed by atoms with Crippen LogP contribution in [0.1, 0.15) is 85.9 Å². The molecule has 2 aromatic carbocycles. The standard InChI is InChI=1S/C28H30F9NO2/c1-16(2)3-10-23(21-15-20(27(32,33)34)8-9-22(21)28(35,36)37)38-12-11-17(14-25(39)40)13-24(38)18-4-6-19(7-5-18)26(29,30)31/h4-9,15-17,23-24H,3,10-14H2,1-2H3,(H,39,40)/t17-,23+,24-/m0/s1. The molecule has 1 saturated heterocycles. The van der Waals surface area contributed by atoms with Crippen LogP contribution in [0.5, 0.6) is 0 Å². The Bertz CT molecular complexity index is 1150. The summed E-state index contributed by atoms with van der Waals surface area (Å²) in [7, 11) is 0. The fourth-order valence-corrected chi connectivity index (χ4v) is 5.35. The average Bonchev–Trinajstić information content (AvgIpc) is 2.82. The third-order valence-corrected chi connectivity index (χ3v) is 7.30. The van der Waals surface area contributed by atoms with Gasteiger partial charge in [-0.3, -0.25) is 9.69 Å². The highest BCUT2D eigenvalue weighted by atomic mass is 19.4. The molecule has 0 unspecified atom stereocenters. The lowest BCUT2D eigenvalue weighted by molar-refractivity contribution is -0.142. The number of carboxylic acid groups (broad SMARTS) is 1. The summed E-state index contributed by atoms with van der Waals surface area (Å²) in [5.41, 5.74) is -3.63. The van der Waals surface area contributed by atoms with Crippen molar-refractivity contribution in [3.8, 4) is 0 Å². The van der Waals surface area contributed by atoms with E-state index in [9.17, 15) is 49.4 Å². The zero-order chi connectivity index (χ0) is 30.0.